The molecule has 1 atom stereocenters. The van der Waals surface area contributed by atoms with Gasteiger partial charge in [-0.1, -0.05) is 30.3 Å². The highest BCUT2D eigenvalue weighted by Crippen LogP contribution is 2.16. The van der Waals surface area contributed by atoms with E-state index in [-0.39, 0.29) is 0 Å². The van der Waals surface area contributed by atoms with Crippen molar-refractivity contribution in [2.45, 2.75) is 32.4 Å². The number of benzene rings is 1. The van der Waals surface area contributed by atoms with Crippen molar-refractivity contribution in [1.82, 2.24) is 5.32 Å². The molecule has 6 nitrogen and oxygen atoms in total. The highest BCUT2D eigenvalue weighted by atomic mass is 16.6. The number of hydrogen-bond donors (Lipinski definition) is 1. The maximum Gasteiger partial charge on any atom is 0.408 e. The first kappa shape index (κ1) is 16.7. The second-order valence-corrected chi connectivity index (χ2v) is 5.35. The Morgan fingerprint density at radius 2 is 1.67 bits per heavy atom. The molecule has 114 valence electrons. The van der Waals surface area contributed by atoms with E-state index in [4.69, 9.17) is 4.74 Å². The van der Waals surface area contributed by atoms with Gasteiger partial charge in [-0.25, -0.2) is 9.59 Å². The predicted octanol–water partition coefficient (Wildman–Crippen LogP) is 1.99. The van der Waals surface area contributed by atoms with Crippen molar-refractivity contribution in [2.24, 2.45) is 0 Å². The summed E-state index contributed by atoms with van der Waals surface area (Å²) in [6.07, 6.45) is -0.784. The number of nitrogens with one attached hydrogen (secondary N) is 1. The summed E-state index contributed by atoms with van der Waals surface area (Å²) in [7, 11) is 1.11. The maximum absolute atomic E-state index is 12.0. The Hall–Kier alpha value is -2.37. The topological polar surface area (TPSA) is 81.7 Å². The Labute approximate surface area is 123 Å². The average Bonchev–Trinajstić information content (AvgIpc) is 2.42. The third kappa shape index (κ3) is 5.25. The van der Waals surface area contributed by atoms with Crippen LogP contribution in [-0.2, 0) is 19.1 Å². The molecule has 0 aliphatic carbocycles. The number of ketones is 1. The molecule has 1 amide bonds. The number of carbonyl (C=O) groups excluding carboxylic acids is 3. The lowest BCUT2D eigenvalue weighted by Crippen LogP contribution is -2.40. The van der Waals surface area contributed by atoms with Crippen molar-refractivity contribution in [3.8, 4) is 0 Å². The zero-order valence-electron chi connectivity index (χ0n) is 12.5. The Bertz CT molecular complexity index is 519. The Morgan fingerprint density at radius 3 is 2.14 bits per heavy atom. The Balaban J connectivity index is 2.96. The third-order valence-corrected chi connectivity index (χ3v) is 2.44. The van der Waals surface area contributed by atoms with Crippen LogP contribution in [0.3, 0.4) is 0 Å². The summed E-state index contributed by atoms with van der Waals surface area (Å²) in [5, 5.41) is 2.39. The van der Waals surface area contributed by atoms with Crippen LogP contribution in [0.2, 0.25) is 0 Å². The van der Waals surface area contributed by atoms with Crippen molar-refractivity contribution in [1.29, 1.82) is 0 Å². The van der Waals surface area contributed by atoms with E-state index in [9.17, 15) is 14.4 Å². The number of amides is 1. The van der Waals surface area contributed by atoms with Crippen molar-refractivity contribution >= 4 is 17.8 Å². The summed E-state index contributed by atoms with van der Waals surface area (Å²) in [5.41, 5.74) is -0.238. The molecule has 0 radical (unpaired) electrons. The predicted molar refractivity (Wildman–Crippen MR) is 75.6 cm³/mol. The van der Waals surface area contributed by atoms with Gasteiger partial charge in [0.2, 0.25) is 0 Å². The molecule has 0 aromatic heterocycles. The van der Waals surface area contributed by atoms with Crippen molar-refractivity contribution in [3.05, 3.63) is 35.9 Å². The zero-order chi connectivity index (χ0) is 16.0. The van der Waals surface area contributed by atoms with Crippen LogP contribution in [0.4, 0.5) is 4.79 Å². The number of carbonyl (C=O) groups is 3. The van der Waals surface area contributed by atoms with Crippen LogP contribution in [0.1, 0.15) is 32.4 Å². The van der Waals surface area contributed by atoms with Gasteiger partial charge in [0, 0.05) is 0 Å². The summed E-state index contributed by atoms with van der Waals surface area (Å²) in [5.74, 6) is -1.89. The van der Waals surface area contributed by atoms with Crippen molar-refractivity contribution in [2.75, 3.05) is 7.11 Å². The summed E-state index contributed by atoms with van der Waals surface area (Å²) >= 11 is 0. The molecule has 1 N–H and O–H groups in total. The quantitative estimate of drug-likeness (QED) is 0.678. The minimum Gasteiger partial charge on any atom is -0.463 e. The highest BCUT2D eigenvalue weighted by Gasteiger charge is 2.30. The van der Waals surface area contributed by atoms with Crippen LogP contribution in [0.15, 0.2) is 30.3 Å². The molecule has 0 saturated carbocycles. The van der Waals surface area contributed by atoms with Gasteiger partial charge in [0.1, 0.15) is 11.6 Å². The summed E-state index contributed by atoms with van der Waals surface area (Å²) in [6, 6.07) is 7.27. The van der Waals surface area contributed by atoms with Crippen LogP contribution in [0, 0.1) is 0 Å². The standard InChI is InChI=1S/C15H19NO5/c1-15(2,3)21-14(19)16-11(12(17)13(18)20-4)10-8-6-5-7-9-10/h5-9,11H,1-4H3,(H,16,19)/t11-/m1/s1. The van der Waals surface area contributed by atoms with Gasteiger partial charge in [-0.05, 0) is 26.3 Å². The van der Waals surface area contributed by atoms with E-state index in [0.717, 1.165) is 7.11 Å². The molecule has 0 aliphatic rings. The fraction of sp³-hybridized carbons (Fsp3) is 0.400. The first-order valence-electron chi connectivity index (χ1n) is 6.41. The average molecular weight is 293 g/mol. The second kappa shape index (κ2) is 6.88. The van der Waals surface area contributed by atoms with Crippen LogP contribution in [0.5, 0.6) is 0 Å². The molecular weight excluding hydrogens is 274 g/mol. The smallest absolute Gasteiger partial charge is 0.408 e. The van der Waals surface area contributed by atoms with E-state index < -0.39 is 29.5 Å². The first-order chi connectivity index (χ1) is 9.74. The van der Waals surface area contributed by atoms with Crippen LogP contribution in [0.25, 0.3) is 0 Å². The molecule has 1 rings (SSSR count). The lowest BCUT2D eigenvalue weighted by atomic mass is 10.0. The molecule has 0 saturated heterocycles. The Kier molecular flexibility index (Phi) is 5.46. The van der Waals surface area contributed by atoms with Gasteiger partial charge < -0.3 is 14.8 Å². The summed E-state index contributed by atoms with van der Waals surface area (Å²) in [4.78, 5) is 35.3. The number of hydrogen-bond acceptors (Lipinski definition) is 5. The number of Topliss-reactive ketones (excluding diaryl/α,β-unsaturated/α-hetero) is 1. The molecule has 0 heterocycles. The normalized spacial score (nSPS) is 12.2. The van der Waals surface area contributed by atoms with Crippen LogP contribution >= 0.6 is 0 Å². The lowest BCUT2D eigenvalue weighted by Gasteiger charge is -2.22. The molecule has 0 spiro atoms. The van der Waals surface area contributed by atoms with E-state index >= 15 is 0 Å². The number of rotatable bonds is 4. The first-order valence-corrected chi connectivity index (χ1v) is 6.41. The molecule has 0 unspecified atom stereocenters. The van der Waals surface area contributed by atoms with Crippen LogP contribution in [-0.4, -0.2) is 30.6 Å². The summed E-state index contributed by atoms with van der Waals surface area (Å²) < 4.78 is 9.52. The fourth-order valence-electron chi connectivity index (χ4n) is 1.59. The van der Waals surface area contributed by atoms with E-state index in [1.54, 1.807) is 51.1 Å². The molecule has 21 heavy (non-hydrogen) atoms. The van der Waals surface area contributed by atoms with Gasteiger partial charge in [-0.15, -0.1) is 0 Å². The van der Waals surface area contributed by atoms with Gasteiger partial charge in [0.25, 0.3) is 5.78 Å². The summed E-state index contributed by atoms with van der Waals surface area (Å²) in [6.45, 7) is 5.10. The van der Waals surface area contributed by atoms with Crippen LogP contribution < -0.4 is 5.32 Å². The molecule has 6 heteroatoms. The number of methoxy groups -OCH3 is 1. The van der Waals surface area contributed by atoms with Gasteiger partial charge in [-0.3, -0.25) is 4.79 Å². The molecular formula is C15H19NO5. The van der Waals surface area contributed by atoms with E-state index in [1.807, 2.05) is 0 Å². The molecule has 0 fully saturated rings. The van der Waals surface area contributed by atoms with Gasteiger partial charge >= 0.3 is 12.1 Å². The molecule has 0 bridgehead atoms. The number of ether oxygens (including phenoxy) is 2. The molecule has 1 aromatic carbocycles. The minimum atomic E-state index is -1.14. The number of esters is 1. The van der Waals surface area contributed by atoms with Crippen molar-refractivity contribution in [3.63, 3.8) is 0 Å². The minimum absolute atomic E-state index is 0.471. The lowest BCUT2D eigenvalue weighted by molar-refractivity contribution is -0.152. The molecule has 0 aliphatic heterocycles. The maximum atomic E-state index is 12.0. The van der Waals surface area contributed by atoms with E-state index in [0.29, 0.717) is 5.56 Å². The number of alkyl carbamates (subject to hydrolysis) is 1. The van der Waals surface area contributed by atoms with E-state index in [2.05, 4.69) is 10.1 Å². The zero-order valence-corrected chi connectivity index (χ0v) is 12.5. The third-order valence-electron chi connectivity index (χ3n) is 2.44. The Morgan fingerprint density at radius 1 is 1.10 bits per heavy atom. The van der Waals surface area contributed by atoms with E-state index in [1.165, 1.54) is 0 Å². The van der Waals surface area contributed by atoms with Crippen molar-refractivity contribution < 1.29 is 23.9 Å². The highest BCUT2D eigenvalue weighted by molar-refractivity contribution is 6.35. The molecule has 1 aromatic rings. The van der Waals surface area contributed by atoms with Gasteiger partial charge in [0.15, 0.2) is 0 Å². The van der Waals surface area contributed by atoms with Gasteiger partial charge in [0.05, 0.1) is 7.11 Å². The second-order valence-electron chi connectivity index (χ2n) is 5.35. The SMILES string of the molecule is COC(=O)C(=O)[C@H](NC(=O)OC(C)(C)C)c1ccccc1. The monoisotopic (exact) mass is 293 g/mol. The largest absolute Gasteiger partial charge is 0.463 e. The fourth-order valence-corrected chi connectivity index (χ4v) is 1.59. The van der Waals surface area contributed by atoms with Gasteiger partial charge in [-0.2, -0.15) is 0 Å².